The third-order valence-corrected chi connectivity index (χ3v) is 3.20. The quantitative estimate of drug-likeness (QED) is 0.887. The number of ether oxygens (including phenoxy) is 1. The van der Waals surface area contributed by atoms with Crippen molar-refractivity contribution in [3.63, 3.8) is 0 Å². The average Bonchev–Trinajstić information content (AvgIpc) is 2.71. The number of likely N-dealkylation sites (N-methyl/N-ethyl adjacent to an activating group) is 1. The highest BCUT2D eigenvalue weighted by atomic mass is 16.6. The van der Waals surface area contributed by atoms with Crippen molar-refractivity contribution in [3.8, 4) is 0 Å². The van der Waals surface area contributed by atoms with E-state index in [-0.39, 0.29) is 12.3 Å². The highest BCUT2D eigenvalue weighted by Crippen LogP contribution is 2.28. The summed E-state index contributed by atoms with van der Waals surface area (Å²) < 4.78 is 5.27. The Morgan fingerprint density at radius 2 is 2.14 bits per heavy atom. The van der Waals surface area contributed by atoms with Crippen LogP contribution in [-0.2, 0) is 16.0 Å². The number of carbonyl (C=O) groups excluding carboxylic acids is 2. The molecule has 0 spiro atoms. The van der Waals surface area contributed by atoms with Gasteiger partial charge in [0, 0.05) is 25.7 Å². The van der Waals surface area contributed by atoms with Gasteiger partial charge in [0.15, 0.2) is 0 Å². The molecule has 0 fully saturated rings. The molecule has 0 saturated carbocycles. The maximum atomic E-state index is 12.1. The highest BCUT2D eigenvalue weighted by molar-refractivity contribution is 6.01. The molecule has 2 rings (SSSR count). The summed E-state index contributed by atoms with van der Waals surface area (Å²) in [5.74, 6) is 0.747. The molecule has 0 unspecified atom stereocenters. The van der Waals surface area contributed by atoms with E-state index in [0.29, 0.717) is 30.3 Å². The molecule has 0 bridgehead atoms. The van der Waals surface area contributed by atoms with Crippen LogP contribution in [0.2, 0.25) is 0 Å². The first kappa shape index (κ1) is 16.0. The van der Waals surface area contributed by atoms with E-state index in [1.165, 1.54) is 16.1 Å². The van der Waals surface area contributed by atoms with Crippen molar-refractivity contribution in [3.05, 3.63) is 11.9 Å². The molecule has 0 aromatic carbocycles. The summed E-state index contributed by atoms with van der Waals surface area (Å²) in [5.41, 5.74) is 5.85. The van der Waals surface area contributed by atoms with Gasteiger partial charge >= 0.3 is 6.09 Å². The van der Waals surface area contributed by atoms with Gasteiger partial charge in [-0.1, -0.05) is 0 Å². The summed E-state index contributed by atoms with van der Waals surface area (Å²) in [7, 11) is 1.63. The fraction of sp³-hybridized carbons (Fsp3) is 0.571. The van der Waals surface area contributed by atoms with Crippen LogP contribution in [-0.4, -0.2) is 52.6 Å². The van der Waals surface area contributed by atoms with Crippen LogP contribution in [0.15, 0.2) is 6.33 Å². The van der Waals surface area contributed by atoms with Crippen LogP contribution in [0.5, 0.6) is 0 Å². The average molecular weight is 307 g/mol. The van der Waals surface area contributed by atoms with Crippen molar-refractivity contribution in [1.29, 1.82) is 0 Å². The van der Waals surface area contributed by atoms with E-state index in [1.54, 1.807) is 27.8 Å². The van der Waals surface area contributed by atoms with Crippen LogP contribution < -0.4 is 10.6 Å². The molecule has 2 heterocycles. The largest absolute Gasteiger partial charge is 0.444 e. The number of hydrogen-bond acceptors (Lipinski definition) is 6. The molecule has 1 aliphatic rings. The first-order valence-electron chi connectivity index (χ1n) is 7.03. The van der Waals surface area contributed by atoms with E-state index in [0.717, 1.165) is 0 Å². The smallest absolute Gasteiger partial charge is 0.410 e. The number of rotatable bonds is 3. The molecule has 1 aromatic rings. The Morgan fingerprint density at radius 3 is 2.77 bits per heavy atom. The summed E-state index contributed by atoms with van der Waals surface area (Å²) in [5, 5.41) is 0. The lowest BCUT2D eigenvalue weighted by molar-refractivity contribution is -0.117. The van der Waals surface area contributed by atoms with Gasteiger partial charge in [-0.05, 0) is 20.8 Å². The van der Waals surface area contributed by atoms with Crippen LogP contribution in [0.4, 0.5) is 16.4 Å². The fourth-order valence-electron chi connectivity index (χ4n) is 2.09. The second-order valence-electron chi connectivity index (χ2n) is 6.19. The molecule has 1 aromatic heterocycles. The van der Waals surface area contributed by atoms with Crippen molar-refractivity contribution in [1.82, 2.24) is 14.9 Å². The second-order valence-corrected chi connectivity index (χ2v) is 6.19. The first-order chi connectivity index (χ1) is 10.2. The lowest BCUT2D eigenvalue weighted by atomic mass is 10.2. The van der Waals surface area contributed by atoms with Gasteiger partial charge in [0.1, 0.15) is 23.6 Å². The van der Waals surface area contributed by atoms with Crippen molar-refractivity contribution in [2.75, 3.05) is 30.8 Å². The zero-order valence-electron chi connectivity index (χ0n) is 13.3. The van der Waals surface area contributed by atoms with E-state index in [9.17, 15) is 9.59 Å². The number of hydrogen-bond donors (Lipinski definition) is 1. The van der Waals surface area contributed by atoms with E-state index >= 15 is 0 Å². The van der Waals surface area contributed by atoms with Gasteiger partial charge in [-0.3, -0.25) is 9.69 Å². The monoisotopic (exact) mass is 307 g/mol. The second kappa shape index (κ2) is 5.78. The lowest BCUT2D eigenvalue weighted by Gasteiger charge is -2.26. The summed E-state index contributed by atoms with van der Waals surface area (Å²) in [4.78, 5) is 34.9. The van der Waals surface area contributed by atoms with Crippen LogP contribution in [0.25, 0.3) is 0 Å². The predicted molar refractivity (Wildman–Crippen MR) is 81.4 cm³/mol. The first-order valence-corrected chi connectivity index (χ1v) is 7.03. The van der Waals surface area contributed by atoms with Crippen LogP contribution in [0, 0.1) is 0 Å². The van der Waals surface area contributed by atoms with Crippen LogP contribution in [0.3, 0.4) is 0 Å². The molecular weight excluding hydrogens is 286 g/mol. The predicted octanol–water partition coefficient (Wildman–Crippen LogP) is 0.815. The molecule has 22 heavy (non-hydrogen) atoms. The zero-order chi connectivity index (χ0) is 16.5. The molecular formula is C14H21N5O3. The Bertz CT molecular complexity index is 597. The standard InChI is InChI=1S/C14H21N5O3/c1-14(2,3)22-13(21)18(4)5-6-19-10(20)7-9-11(15)16-8-17-12(9)19/h8H,5-7H2,1-4H3,(H2,15,16,17). The number of aromatic nitrogens is 2. The summed E-state index contributed by atoms with van der Waals surface area (Å²) in [6, 6.07) is 0. The summed E-state index contributed by atoms with van der Waals surface area (Å²) in [6.07, 6.45) is 1.09. The maximum absolute atomic E-state index is 12.1. The minimum atomic E-state index is -0.552. The van der Waals surface area contributed by atoms with Gasteiger partial charge in [0.25, 0.3) is 0 Å². The maximum Gasteiger partial charge on any atom is 0.410 e. The molecule has 0 aliphatic carbocycles. The molecule has 0 radical (unpaired) electrons. The van der Waals surface area contributed by atoms with E-state index < -0.39 is 11.7 Å². The normalized spacial score (nSPS) is 14.0. The van der Waals surface area contributed by atoms with Gasteiger partial charge in [-0.2, -0.15) is 0 Å². The van der Waals surface area contributed by atoms with Crippen molar-refractivity contribution in [2.24, 2.45) is 0 Å². The lowest BCUT2D eigenvalue weighted by Crippen LogP contribution is -2.40. The fourth-order valence-corrected chi connectivity index (χ4v) is 2.09. The molecule has 8 nitrogen and oxygen atoms in total. The van der Waals surface area contributed by atoms with Gasteiger partial charge in [0.2, 0.25) is 5.91 Å². The molecule has 0 saturated heterocycles. The number of nitrogens with zero attached hydrogens (tertiary/aromatic N) is 4. The Kier molecular flexibility index (Phi) is 4.20. The molecule has 8 heteroatoms. The van der Waals surface area contributed by atoms with Crippen LogP contribution >= 0.6 is 0 Å². The topological polar surface area (TPSA) is 102 Å². The minimum Gasteiger partial charge on any atom is -0.444 e. The Hall–Kier alpha value is -2.38. The third-order valence-electron chi connectivity index (χ3n) is 3.20. The van der Waals surface area contributed by atoms with Crippen LogP contribution in [0.1, 0.15) is 26.3 Å². The molecule has 1 aliphatic heterocycles. The molecule has 120 valence electrons. The summed E-state index contributed by atoms with van der Waals surface area (Å²) >= 11 is 0. The van der Waals surface area contributed by atoms with Crippen molar-refractivity contribution >= 4 is 23.6 Å². The molecule has 0 atom stereocenters. The van der Waals surface area contributed by atoms with E-state index in [2.05, 4.69) is 9.97 Å². The van der Waals surface area contributed by atoms with Crippen molar-refractivity contribution in [2.45, 2.75) is 32.8 Å². The number of nitrogen functional groups attached to an aromatic ring is 1. The third kappa shape index (κ3) is 3.44. The van der Waals surface area contributed by atoms with Gasteiger partial charge in [-0.15, -0.1) is 0 Å². The molecule has 2 amide bonds. The van der Waals surface area contributed by atoms with Gasteiger partial charge < -0.3 is 15.4 Å². The Morgan fingerprint density at radius 1 is 1.45 bits per heavy atom. The molecule has 2 N–H and O–H groups in total. The number of anilines is 2. The number of amides is 2. The number of fused-ring (bicyclic) bond motifs is 1. The zero-order valence-corrected chi connectivity index (χ0v) is 13.3. The Balaban J connectivity index is 2.00. The highest BCUT2D eigenvalue weighted by Gasteiger charge is 2.31. The van der Waals surface area contributed by atoms with E-state index in [4.69, 9.17) is 10.5 Å². The number of nitrogens with two attached hydrogens (primary N) is 1. The van der Waals surface area contributed by atoms with E-state index in [1.807, 2.05) is 0 Å². The van der Waals surface area contributed by atoms with Gasteiger partial charge in [-0.25, -0.2) is 14.8 Å². The summed E-state index contributed by atoms with van der Waals surface area (Å²) in [6.45, 7) is 6.08. The SMILES string of the molecule is CN(CCN1C(=O)Cc2c(N)ncnc21)C(=O)OC(C)(C)C. The number of carbonyl (C=O) groups is 2. The van der Waals surface area contributed by atoms with Gasteiger partial charge in [0.05, 0.1) is 6.42 Å². The minimum absolute atomic E-state index is 0.0974. The van der Waals surface area contributed by atoms with Crippen molar-refractivity contribution < 1.29 is 14.3 Å². The Labute approximate surface area is 129 Å².